The van der Waals surface area contributed by atoms with Crippen molar-refractivity contribution in [3.05, 3.63) is 0 Å². The molecule has 2 unspecified atom stereocenters. The maximum Gasteiger partial charge on any atom is 0.178 e. The quantitative estimate of drug-likeness (QED) is 0.374. The van der Waals surface area contributed by atoms with Crippen LogP contribution in [0.4, 0.5) is 0 Å². The van der Waals surface area contributed by atoms with Crippen LogP contribution in [-0.2, 0) is 9.59 Å². The second-order valence-corrected chi connectivity index (χ2v) is 6.70. The molecular weight excluding hydrogens is 308 g/mol. The molecule has 0 saturated heterocycles. The van der Waals surface area contributed by atoms with Crippen molar-refractivity contribution in [1.29, 1.82) is 0 Å². The highest BCUT2D eigenvalue weighted by atomic mass is 16.4. The normalized spacial score (nSPS) is 15.0. The molecule has 0 fully saturated rings. The summed E-state index contributed by atoms with van der Waals surface area (Å²) in [5.74, 6) is -1.21. The van der Waals surface area contributed by atoms with Crippen molar-refractivity contribution in [2.24, 2.45) is 0 Å². The first kappa shape index (κ1) is 23.2. The van der Waals surface area contributed by atoms with Crippen LogP contribution in [0.15, 0.2) is 0 Å². The molecule has 0 bridgehead atoms. The van der Waals surface area contributed by atoms with E-state index in [1.165, 1.54) is 0 Å². The van der Waals surface area contributed by atoms with Crippen molar-refractivity contribution >= 4 is 11.6 Å². The monoisotopic (exact) mass is 344 g/mol. The molecular formula is C19H36O5. The van der Waals surface area contributed by atoms with Crippen molar-refractivity contribution in [3.63, 3.8) is 0 Å². The predicted molar refractivity (Wildman–Crippen MR) is 94.8 cm³/mol. The van der Waals surface area contributed by atoms with E-state index in [4.69, 9.17) is 0 Å². The minimum absolute atomic E-state index is 0.0710. The van der Waals surface area contributed by atoms with E-state index in [-0.39, 0.29) is 12.8 Å². The SMILES string of the molecule is CCCCCCCC(=O)C(O)C(O)(CO)C(=O)CCCCCCC. The predicted octanol–water partition coefficient (Wildman–Crippen LogP) is 2.93. The standard InChI is InChI=1S/C19H36O5/c1-3-5-7-9-11-13-16(21)18(23)19(24,15-20)17(22)14-12-10-8-6-4-2/h18,20,23-24H,3-15H2,1-2H3. The van der Waals surface area contributed by atoms with E-state index in [9.17, 15) is 24.9 Å². The van der Waals surface area contributed by atoms with E-state index in [0.29, 0.717) is 12.8 Å². The van der Waals surface area contributed by atoms with Gasteiger partial charge in [0.25, 0.3) is 0 Å². The minimum atomic E-state index is -2.36. The van der Waals surface area contributed by atoms with Crippen LogP contribution in [0.1, 0.15) is 90.9 Å². The summed E-state index contributed by atoms with van der Waals surface area (Å²) in [6.07, 6.45) is 7.77. The third kappa shape index (κ3) is 8.36. The molecule has 0 saturated carbocycles. The van der Waals surface area contributed by atoms with E-state index >= 15 is 0 Å². The zero-order chi connectivity index (χ0) is 18.4. The number of carbonyl (C=O) groups is 2. The molecule has 0 amide bonds. The molecule has 0 aliphatic rings. The van der Waals surface area contributed by atoms with Crippen LogP contribution < -0.4 is 0 Å². The van der Waals surface area contributed by atoms with Crippen molar-refractivity contribution < 1.29 is 24.9 Å². The second kappa shape index (κ2) is 13.5. The fourth-order valence-corrected chi connectivity index (χ4v) is 2.74. The second-order valence-electron chi connectivity index (χ2n) is 6.70. The van der Waals surface area contributed by atoms with Gasteiger partial charge in [0.1, 0.15) is 0 Å². The van der Waals surface area contributed by atoms with Gasteiger partial charge in [-0.1, -0.05) is 65.2 Å². The first-order valence-electron chi connectivity index (χ1n) is 9.51. The molecule has 0 aromatic rings. The topological polar surface area (TPSA) is 94.8 Å². The summed E-state index contributed by atoms with van der Waals surface area (Å²) in [5, 5.41) is 29.7. The molecule has 0 aliphatic carbocycles. The van der Waals surface area contributed by atoms with Crippen molar-refractivity contribution in [2.45, 2.75) is 103 Å². The molecule has 5 nitrogen and oxygen atoms in total. The van der Waals surface area contributed by atoms with Gasteiger partial charge in [-0.2, -0.15) is 0 Å². The first-order valence-corrected chi connectivity index (χ1v) is 9.51. The van der Waals surface area contributed by atoms with Crippen LogP contribution in [0.3, 0.4) is 0 Å². The number of aliphatic hydroxyl groups is 3. The Morgan fingerprint density at radius 3 is 1.75 bits per heavy atom. The van der Waals surface area contributed by atoms with Crippen LogP contribution in [0.25, 0.3) is 0 Å². The summed E-state index contributed by atoms with van der Waals surface area (Å²) in [4.78, 5) is 24.2. The van der Waals surface area contributed by atoms with Crippen LogP contribution in [-0.4, -0.2) is 45.2 Å². The van der Waals surface area contributed by atoms with Gasteiger partial charge in [0.15, 0.2) is 23.3 Å². The van der Waals surface area contributed by atoms with Crippen molar-refractivity contribution in [3.8, 4) is 0 Å². The Kier molecular flexibility index (Phi) is 13.1. The molecule has 0 aromatic heterocycles. The number of hydrogen-bond donors (Lipinski definition) is 3. The van der Waals surface area contributed by atoms with Gasteiger partial charge in [-0.25, -0.2) is 0 Å². The average molecular weight is 344 g/mol. The van der Waals surface area contributed by atoms with E-state index in [1.807, 2.05) is 0 Å². The molecule has 0 aliphatic heterocycles. The summed E-state index contributed by atoms with van der Waals surface area (Å²) in [5.41, 5.74) is -2.36. The lowest BCUT2D eigenvalue weighted by Gasteiger charge is -2.28. The van der Waals surface area contributed by atoms with E-state index < -0.39 is 29.9 Å². The third-order valence-corrected chi connectivity index (χ3v) is 4.52. The molecule has 2 atom stereocenters. The Bertz CT molecular complexity index is 356. The van der Waals surface area contributed by atoms with Crippen LogP contribution in [0.2, 0.25) is 0 Å². The average Bonchev–Trinajstić information content (AvgIpc) is 2.59. The first-order chi connectivity index (χ1) is 11.4. The number of carbonyl (C=O) groups excluding carboxylic acids is 2. The molecule has 142 valence electrons. The summed E-state index contributed by atoms with van der Waals surface area (Å²) >= 11 is 0. The summed E-state index contributed by atoms with van der Waals surface area (Å²) in [6.45, 7) is 3.27. The Labute approximate surface area is 146 Å². The minimum Gasteiger partial charge on any atom is -0.393 e. The Hall–Kier alpha value is -0.780. The van der Waals surface area contributed by atoms with Gasteiger partial charge in [0, 0.05) is 12.8 Å². The van der Waals surface area contributed by atoms with Gasteiger partial charge in [0.2, 0.25) is 0 Å². The zero-order valence-electron chi connectivity index (χ0n) is 15.4. The lowest BCUT2D eigenvalue weighted by molar-refractivity contribution is -0.165. The third-order valence-electron chi connectivity index (χ3n) is 4.52. The van der Waals surface area contributed by atoms with Crippen LogP contribution in [0.5, 0.6) is 0 Å². The van der Waals surface area contributed by atoms with Gasteiger partial charge in [-0.3, -0.25) is 9.59 Å². The summed E-state index contributed by atoms with van der Waals surface area (Å²) in [7, 11) is 0. The highest BCUT2D eigenvalue weighted by molar-refractivity contribution is 5.96. The molecule has 0 aromatic carbocycles. The van der Waals surface area contributed by atoms with Gasteiger partial charge < -0.3 is 15.3 Å². The molecule has 0 rings (SSSR count). The number of rotatable bonds is 16. The van der Waals surface area contributed by atoms with Gasteiger partial charge in [-0.15, -0.1) is 0 Å². The van der Waals surface area contributed by atoms with Gasteiger partial charge >= 0.3 is 0 Å². The lowest BCUT2D eigenvalue weighted by atomic mass is 9.86. The fourth-order valence-electron chi connectivity index (χ4n) is 2.74. The molecule has 3 N–H and O–H groups in total. The highest BCUT2D eigenvalue weighted by Crippen LogP contribution is 2.19. The number of hydrogen-bond acceptors (Lipinski definition) is 5. The summed E-state index contributed by atoms with van der Waals surface area (Å²) in [6, 6.07) is 0. The van der Waals surface area contributed by atoms with Crippen LogP contribution >= 0.6 is 0 Å². The maximum atomic E-state index is 12.2. The number of ketones is 2. The van der Waals surface area contributed by atoms with Gasteiger partial charge in [-0.05, 0) is 12.8 Å². The molecule has 5 heteroatoms. The largest absolute Gasteiger partial charge is 0.393 e. The van der Waals surface area contributed by atoms with E-state index in [1.54, 1.807) is 0 Å². The Morgan fingerprint density at radius 2 is 1.29 bits per heavy atom. The zero-order valence-corrected chi connectivity index (χ0v) is 15.4. The molecule has 24 heavy (non-hydrogen) atoms. The highest BCUT2D eigenvalue weighted by Gasteiger charge is 2.45. The Morgan fingerprint density at radius 1 is 0.833 bits per heavy atom. The van der Waals surface area contributed by atoms with E-state index in [2.05, 4.69) is 13.8 Å². The lowest BCUT2D eigenvalue weighted by Crippen LogP contribution is -2.55. The summed E-state index contributed by atoms with van der Waals surface area (Å²) < 4.78 is 0. The Balaban J connectivity index is 4.37. The number of aliphatic hydroxyl groups excluding tert-OH is 2. The van der Waals surface area contributed by atoms with Crippen molar-refractivity contribution in [1.82, 2.24) is 0 Å². The molecule has 0 heterocycles. The molecule has 0 spiro atoms. The smallest absolute Gasteiger partial charge is 0.178 e. The maximum absolute atomic E-state index is 12.2. The number of unbranched alkanes of at least 4 members (excludes halogenated alkanes) is 8. The fraction of sp³-hybridized carbons (Fsp3) is 0.895. The van der Waals surface area contributed by atoms with Gasteiger partial charge in [0.05, 0.1) is 6.61 Å². The number of Topliss-reactive ketones (excluding diaryl/α,β-unsaturated/α-hetero) is 2. The van der Waals surface area contributed by atoms with E-state index in [0.717, 1.165) is 51.4 Å². The van der Waals surface area contributed by atoms with Crippen molar-refractivity contribution in [2.75, 3.05) is 6.61 Å². The molecule has 0 radical (unpaired) electrons. The van der Waals surface area contributed by atoms with Crippen LogP contribution in [0, 0.1) is 0 Å².